The number of hydrogen-bond acceptors (Lipinski definition) is 3. The number of rotatable bonds is 4. The van der Waals surface area contributed by atoms with Crippen molar-refractivity contribution in [1.82, 2.24) is 10.3 Å². The van der Waals surface area contributed by atoms with Crippen LogP contribution in [0.3, 0.4) is 0 Å². The quantitative estimate of drug-likeness (QED) is 0.909. The Morgan fingerprint density at radius 3 is 2.56 bits per heavy atom. The van der Waals surface area contributed by atoms with Crippen LogP contribution in [0.4, 0.5) is 0 Å². The van der Waals surface area contributed by atoms with Crippen LogP contribution in [0.5, 0.6) is 0 Å². The molecule has 4 heteroatoms. The summed E-state index contributed by atoms with van der Waals surface area (Å²) in [6.45, 7) is 2.15. The van der Waals surface area contributed by atoms with E-state index >= 15 is 0 Å². The molecule has 1 aromatic heterocycles. The molecule has 0 radical (unpaired) electrons. The first-order chi connectivity index (χ1) is 8.70. The molecular formula is C14H15BrN2S. The van der Waals surface area contributed by atoms with Crippen molar-refractivity contribution >= 4 is 27.7 Å². The third-order valence-corrected chi connectivity index (χ3v) is 4.77. The first-order valence-electron chi connectivity index (χ1n) is 5.75. The van der Waals surface area contributed by atoms with Crippen LogP contribution in [0.25, 0.3) is 0 Å². The highest BCUT2D eigenvalue weighted by Gasteiger charge is 2.07. The number of nitrogens with one attached hydrogen (secondary N) is 1. The number of hydrogen-bond donors (Lipinski definition) is 1. The summed E-state index contributed by atoms with van der Waals surface area (Å²) in [5.41, 5.74) is 1.28. The molecule has 1 aromatic carbocycles. The smallest absolute Gasteiger partial charge is 0.0318 e. The van der Waals surface area contributed by atoms with Crippen molar-refractivity contribution in [3.63, 3.8) is 0 Å². The monoisotopic (exact) mass is 322 g/mol. The van der Waals surface area contributed by atoms with E-state index in [0.717, 1.165) is 4.47 Å². The highest BCUT2D eigenvalue weighted by Crippen LogP contribution is 2.34. The van der Waals surface area contributed by atoms with Gasteiger partial charge in [-0.1, -0.05) is 17.8 Å². The largest absolute Gasteiger partial charge is 0.313 e. The minimum atomic E-state index is 0.362. The van der Waals surface area contributed by atoms with Crippen molar-refractivity contribution in [1.29, 1.82) is 0 Å². The van der Waals surface area contributed by atoms with Crippen LogP contribution in [-0.2, 0) is 0 Å². The van der Waals surface area contributed by atoms with Crippen LogP contribution < -0.4 is 5.32 Å². The van der Waals surface area contributed by atoms with Gasteiger partial charge in [0.05, 0.1) is 0 Å². The third-order valence-electron chi connectivity index (χ3n) is 2.77. The predicted molar refractivity (Wildman–Crippen MR) is 80.0 cm³/mol. The third kappa shape index (κ3) is 3.34. The van der Waals surface area contributed by atoms with E-state index < -0.39 is 0 Å². The van der Waals surface area contributed by atoms with Crippen LogP contribution in [0.15, 0.2) is 57.0 Å². The molecule has 0 amide bonds. The molecule has 1 atom stereocenters. The Morgan fingerprint density at radius 1 is 1.22 bits per heavy atom. The summed E-state index contributed by atoms with van der Waals surface area (Å²) in [4.78, 5) is 6.44. The van der Waals surface area contributed by atoms with Crippen molar-refractivity contribution in [3.8, 4) is 0 Å². The molecule has 94 valence electrons. The van der Waals surface area contributed by atoms with Gasteiger partial charge in [-0.3, -0.25) is 4.98 Å². The molecule has 1 heterocycles. The second kappa shape index (κ2) is 6.36. The number of nitrogens with zero attached hydrogens (tertiary/aromatic N) is 1. The van der Waals surface area contributed by atoms with Crippen molar-refractivity contribution in [3.05, 3.63) is 52.8 Å². The maximum atomic E-state index is 4.02. The summed E-state index contributed by atoms with van der Waals surface area (Å²) >= 11 is 5.37. The SMILES string of the molecule is CNC(C)c1ccc(Sc2ccncc2)c(Br)c1. The summed E-state index contributed by atoms with van der Waals surface area (Å²) in [5, 5.41) is 3.24. The lowest BCUT2D eigenvalue weighted by atomic mass is 10.1. The standard InChI is InChI=1S/C14H15BrN2S/c1-10(16-2)11-3-4-14(13(15)9-11)18-12-5-7-17-8-6-12/h3-10,16H,1-2H3. The van der Waals surface area contributed by atoms with Gasteiger partial charge < -0.3 is 5.32 Å². The van der Waals surface area contributed by atoms with E-state index in [0.29, 0.717) is 6.04 Å². The van der Waals surface area contributed by atoms with Crippen molar-refractivity contribution in [2.45, 2.75) is 22.8 Å². The van der Waals surface area contributed by atoms with Crippen molar-refractivity contribution < 1.29 is 0 Å². The van der Waals surface area contributed by atoms with Crippen LogP contribution in [0, 0.1) is 0 Å². The fourth-order valence-electron chi connectivity index (χ4n) is 1.57. The van der Waals surface area contributed by atoms with Gasteiger partial charge in [0, 0.05) is 32.7 Å². The average Bonchev–Trinajstić information content (AvgIpc) is 2.41. The van der Waals surface area contributed by atoms with Crippen LogP contribution >= 0.6 is 27.7 Å². The van der Waals surface area contributed by atoms with Gasteiger partial charge in [-0.2, -0.15) is 0 Å². The Balaban J connectivity index is 2.20. The van der Waals surface area contributed by atoms with Gasteiger partial charge in [-0.05, 0) is 59.7 Å². The summed E-state index contributed by atoms with van der Waals surface area (Å²) < 4.78 is 1.13. The van der Waals surface area contributed by atoms with E-state index in [9.17, 15) is 0 Å². The van der Waals surface area contributed by atoms with Crippen molar-refractivity contribution in [2.75, 3.05) is 7.05 Å². The lowest BCUT2D eigenvalue weighted by Crippen LogP contribution is -2.12. The van der Waals surface area contributed by atoms with Crippen LogP contribution in [0.1, 0.15) is 18.5 Å². The van der Waals surface area contributed by atoms with Gasteiger partial charge in [-0.25, -0.2) is 0 Å². The molecule has 0 aliphatic carbocycles. The number of pyridine rings is 1. The lowest BCUT2D eigenvalue weighted by molar-refractivity contribution is 0.651. The summed E-state index contributed by atoms with van der Waals surface area (Å²) in [6, 6.07) is 10.9. The van der Waals surface area contributed by atoms with Gasteiger partial charge in [-0.15, -0.1) is 0 Å². The van der Waals surface area contributed by atoms with Gasteiger partial charge in [0.15, 0.2) is 0 Å². The lowest BCUT2D eigenvalue weighted by Gasteiger charge is -2.12. The van der Waals surface area contributed by atoms with Gasteiger partial charge >= 0.3 is 0 Å². The molecule has 0 fully saturated rings. The first-order valence-corrected chi connectivity index (χ1v) is 7.36. The summed E-state index contributed by atoms with van der Waals surface area (Å²) in [7, 11) is 1.97. The number of benzene rings is 1. The number of aromatic nitrogens is 1. The normalized spacial score (nSPS) is 12.4. The Morgan fingerprint density at radius 2 is 1.94 bits per heavy atom. The molecular weight excluding hydrogens is 308 g/mol. The molecule has 2 aromatic rings. The van der Waals surface area contributed by atoms with Crippen LogP contribution in [0.2, 0.25) is 0 Å². The molecule has 0 spiro atoms. The molecule has 2 rings (SSSR count). The van der Waals surface area contributed by atoms with E-state index in [1.54, 1.807) is 11.8 Å². The first kappa shape index (κ1) is 13.6. The topological polar surface area (TPSA) is 24.9 Å². The Labute approximate surface area is 120 Å². The minimum absolute atomic E-state index is 0.362. The molecule has 18 heavy (non-hydrogen) atoms. The van der Waals surface area contributed by atoms with Crippen LogP contribution in [-0.4, -0.2) is 12.0 Å². The molecule has 1 unspecified atom stereocenters. The predicted octanol–water partition coefficient (Wildman–Crippen LogP) is 4.28. The second-order valence-electron chi connectivity index (χ2n) is 3.99. The molecule has 0 saturated heterocycles. The highest BCUT2D eigenvalue weighted by molar-refractivity contribution is 9.10. The zero-order chi connectivity index (χ0) is 13.0. The zero-order valence-corrected chi connectivity index (χ0v) is 12.8. The van der Waals surface area contributed by atoms with Gasteiger partial charge in [0.2, 0.25) is 0 Å². The second-order valence-corrected chi connectivity index (χ2v) is 5.95. The van der Waals surface area contributed by atoms with Crippen molar-refractivity contribution in [2.24, 2.45) is 0 Å². The van der Waals surface area contributed by atoms with E-state index in [2.05, 4.69) is 51.4 Å². The van der Waals surface area contributed by atoms with Gasteiger partial charge in [0.25, 0.3) is 0 Å². The number of halogens is 1. The molecule has 0 aliphatic rings. The maximum Gasteiger partial charge on any atom is 0.0318 e. The highest BCUT2D eigenvalue weighted by atomic mass is 79.9. The summed E-state index contributed by atoms with van der Waals surface area (Å²) in [6.07, 6.45) is 3.63. The Bertz CT molecular complexity index is 516. The Kier molecular flexibility index (Phi) is 4.80. The molecule has 0 bridgehead atoms. The van der Waals surface area contributed by atoms with E-state index in [-0.39, 0.29) is 0 Å². The molecule has 0 aliphatic heterocycles. The summed E-state index contributed by atoms with van der Waals surface area (Å²) in [5.74, 6) is 0. The molecule has 1 N–H and O–H groups in total. The fourth-order valence-corrected chi connectivity index (χ4v) is 3.01. The maximum absolute atomic E-state index is 4.02. The van der Waals surface area contributed by atoms with E-state index in [1.165, 1.54) is 15.4 Å². The Hall–Kier alpha value is -0.840. The minimum Gasteiger partial charge on any atom is -0.313 e. The van der Waals surface area contributed by atoms with Gasteiger partial charge in [0.1, 0.15) is 0 Å². The van der Waals surface area contributed by atoms with E-state index in [4.69, 9.17) is 0 Å². The fraction of sp³-hybridized carbons (Fsp3) is 0.214. The average molecular weight is 323 g/mol. The van der Waals surface area contributed by atoms with E-state index in [1.807, 2.05) is 31.6 Å². The molecule has 0 saturated carbocycles. The molecule has 2 nitrogen and oxygen atoms in total. The zero-order valence-electron chi connectivity index (χ0n) is 10.4.